The van der Waals surface area contributed by atoms with Crippen LogP contribution in [-0.2, 0) is 7.05 Å². The summed E-state index contributed by atoms with van der Waals surface area (Å²) in [6.07, 6.45) is 2.97. The molecular formula is C11H10N2O3. The Morgan fingerprint density at radius 3 is 2.81 bits per heavy atom. The van der Waals surface area contributed by atoms with E-state index in [1.807, 2.05) is 0 Å². The molecule has 0 aromatic carbocycles. The van der Waals surface area contributed by atoms with Gasteiger partial charge in [-0.1, -0.05) is 0 Å². The molecule has 2 rings (SSSR count). The summed E-state index contributed by atoms with van der Waals surface area (Å²) >= 11 is 0. The van der Waals surface area contributed by atoms with Crippen LogP contribution in [0, 0.1) is 0 Å². The molecule has 0 saturated heterocycles. The Bertz CT molecular complexity index is 555. The highest BCUT2D eigenvalue weighted by molar-refractivity contribution is 6.02. The highest BCUT2D eigenvalue weighted by atomic mass is 16.3. The highest BCUT2D eigenvalue weighted by Gasteiger charge is 2.08. The van der Waals surface area contributed by atoms with Crippen LogP contribution in [0.15, 0.2) is 45.9 Å². The van der Waals surface area contributed by atoms with E-state index in [-0.39, 0.29) is 17.2 Å². The molecule has 0 bridgehead atoms. The van der Waals surface area contributed by atoms with Crippen molar-refractivity contribution in [3.8, 4) is 0 Å². The van der Waals surface area contributed by atoms with E-state index in [1.165, 1.54) is 16.9 Å². The summed E-state index contributed by atoms with van der Waals surface area (Å²) in [5.41, 5.74) is 0.416. The number of hydrogen-bond acceptors (Lipinski definition) is 3. The summed E-state index contributed by atoms with van der Waals surface area (Å²) in [5.74, 6) is -0.113. The molecule has 0 unspecified atom stereocenters. The first kappa shape index (κ1) is 10.2. The number of aryl methyl sites for hydroxylation is 1. The van der Waals surface area contributed by atoms with Gasteiger partial charge in [0, 0.05) is 19.3 Å². The fraction of sp³-hybridized carbons (Fsp3) is 0.0909. The van der Waals surface area contributed by atoms with Gasteiger partial charge >= 0.3 is 0 Å². The predicted molar refractivity (Wildman–Crippen MR) is 58.3 cm³/mol. The molecule has 5 nitrogen and oxygen atoms in total. The predicted octanol–water partition coefficient (Wildman–Crippen LogP) is 1.23. The van der Waals surface area contributed by atoms with E-state index in [0.29, 0.717) is 5.69 Å². The summed E-state index contributed by atoms with van der Waals surface area (Å²) in [6, 6.07) is 6.13. The average molecular weight is 218 g/mol. The highest BCUT2D eigenvalue weighted by Crippen LogP contribution is 2.07. The van der Waals surface area contributed by atoms with Gasteiger partial charge in [0.1, 0.15) is 0 Å². The number of furan rings is 1. The molecule has 2 aromatic rings. The van der Waals surface area contributed by atoms with E-state index >= 15 is 0 Å². The van der Waals surface area contributed by atoms with E-state index in [1.54, 1.807) is 31.4 Å². The number of aromatic nitrogens is 1. The minimum atomic E-state index is -0.344. The van der Waals surface area contributed by atoms with Crippen molar-refractivity contribution in [2.75, 3.05) is 5.32 Å². The van der Waals surface area contributed by atoms with Crippen LogP contribution >= 0.6 is 0 Å². The van der Waals surface area contributed by atoms with Crippen LogP contribution in [0.1, 0.15) is 10.6 Å². The van der Waals surface area contributed by atoms with Crippen molar-refractivity contribution in [1.29, 1.82) is 0 Å². The van der Waals surface area contributed by atoms with Gasteiger partial charge in [0.15, 0.2) is 5.76 Å². The number of pyridine rings is 1. The van der Waals surface area contributed by atoms with Gasteiger partial charge in [-0.2, -0.15) is 0 Å². The zero-order valence-corrected chi connectivity index (χ0v) is 8.64. The molecule has 0 spiro atoms. The van der Waals surface area contributed by atoms with Crippen LogP contribution in [-0.4, -0.2) is 10.5 Å². The molecule has 0 saturated carbocycles. The summed E-state index contributed by atoms with van der Waals surface area (Å²) in [6.45, 7) is 0. The smallest absolute Gasteiger partial charge is 0.291 e. The van der Waals surface area contributed by atoms with Gasteiger partial charge in [-0.3, -0.25) is 9.59 Å². The van der Waals surface area contributed by atoms with Crippen molar-refractivity contribution in [3.05, 3.63) is 52.8 Å². The molecule has 82 valence electrons. The number of rotatable bonds is 2. The Morgan fingerprint density at radius 1 is 1.38 bits per heavy atom. The maximum Gasteiger partial charge on any atom is 0.291 e. The molecular weight excluding hydrogens is 208 g/mol. The number of carbonyl (C=O) groups is 1. The van der Waals surface area contributed by atoms with Crippen LogP contribution < -0.4 is 10.9 Å². The number of carbonyl (C=O) groups excluding carboxylic acids is 1. The van der Waals surface area contributed by atoms with Gasteiger partial charge in [0.05, 0.1) is 12.0 Å². The van der Waals surface area contributed by atoms with Crippen molar-refractivity contribution in [2.24, 2.45) is 7.05 Å². The van der Waals surface area contributed by atoms with Gasteiger partial charge in [0.25, 0.3) is 5.91 Å². The first-order valence-electron chi connectivity index (χ1n) is 4.68. The molecule has 16 heavy (non-hydrogen) atoms. The fourth-order valence-corrected chi connectivity index (χ4v) is 1.27. The molecule has 0 fully saturated rings. The maximum absolute atomic E-state index is 11.6. The van der Waals surface area contributed by atoms with Crippen molar-refractivity contribution < 1.29 is 9.21 Å². The van der Waals surface area contributed by atoms with Crippen molar-refractivity contribution in [3.63, 3.8) is 0 Å². The van der Waals surface area contributed by atoms with Crippen LogP contribution in [0.5, 0.6) is 0 Å². The van der Waals surface area contributed by atoms with Crippen molar-refractivity contribution in [2.45, 2.75) is 0 Å². The second-order valence-corrected chi connectivity index (χ2v) is 3.30. The van der Waals surface area contributed by atoms with Crippen molar-refractivity contribution >= 4 is 11.6 Å². The quantitative estimate of drug-likeness (QED) is 0.824. The molecule has 0 aliphatic carbocycles. The minimum Gasteiger partial charge on any atom is -0.459 e. The average Bonchev–Trinajstić information content (AvgIpc) is 2.77. The largest absolute Gasteiger partial charge is 0.459 e. The van der Waals surface area contributed by atoms with Gasteiger partial charge in [-0.25, -0.2) is 0 Å². The van der Waals surface area contributed by atoms with E-state index in [0.717, 1.165) is 0 Å². The van der Waals surface area contributed by atoms with E-state index < -0.39 is 0 Å². The lowest BCUT2D eigenvalue weighted by atomic mass is 10.3. The van der Waals surface area contributed by atoms with E-state index in [9.17, 15) is 9.59 Å². The van der Waals surface area contributed by atoms with Gasteiger partial charge < -0.3 is 14.3 Å². The first-order chi connectivity index (χ1) is 7.66. The van der Waals surface area contributed by atoms with Crippen LogP contribution in [0.4, 0.5) is 5.69 Å². The maximum atomic E-state index is 11.6. The normalized spacial score (nSPS) is 10.1. The van der Waals surface area contributed by atoms with Gasteiger partial charge in [-0.05, 0) is 18.2 Å². The SMILES string of the molecule is Cn1cc(NC(=O)c2ccco2)ccc1=O. The summed E-state index contributed by atoms with van der Waals surface area (Å²) < 4.78 is 6.33. The Balaban J connectivity index is 2.18. The van der Waals surface area contributed by atoms with Crippen LogP contribution in [0.3, 0.4) is 0 Å². The Labute approximate surface area is 91.3 Å². The zero-order valence-electron chi connectivity index (χ0n) is 8.64. The van der Waals surface area contributed by atoms with E-state index in [4.69, 9.17) is 4.42 Å². The number of hydrogen-bond donors (Lipinski definition) is 1. The molecule has 0 atom stereocenters. The molecule has 0 aliphatic rings. The molecule has 0 radical (unpaired) electrons. The Hall–Kier alpha value is -2.30. The molecule has 5 heteroatoms. The number of anilines is 1. The molecule has 2 aromatic heterocycles. The molecule has 2 heterocycles. The first-order valence-corrected chi connectivity index (χ1v) is 4.68. The van der Waals surface area contributed by atoms with Crippen molar-refractivity contribution in [1.82, 2.24) is 4.57 Å². The van der Waals surface area contributed by atoms with Crippen LogP contribution in [0.2, 0.25) is 0 Å². The standard InChI is InChI=1S/C11H10N2O3/c1-13-7-8(4-5-10(13)14)12-11(15)9-3-2-6-16-9/h2-7H,1H3,(H,12,15). The number of nitrogens with zero attached hydrogens (tertiary/aromatic N) is 1. The van der Waals surface area contributed by atoms with E-state index in [2.05, 4.69) is 5.32 Å². The number of amides is 1. The Morgan fingerprint density at radius 2 is 2.19 bits per heavy atom. The molecule has 1 N–H and O–H groups in total. The third-order valence-corrected chi connectivity index (χ3v) is 2.09. The second-order valence-electron chi connectivity index (χ2n) is 3.30. The zero-order chi connectivity index (χ0) is 11.5. The molecule has 0 aliphatic heterocycles. The summed E-state index contributed by atoms with van der Waals surface area (Å²) in [5, 5.41) is 2.62. The number of nitrogens with one attached hydrogen (secondary N) is 1. The van der Waals surface area contributed by atoms with Gasteiger partial charge in [0.2, 0.25) is 5.56 Å². The lowest BCUT2D eigenvalue weighted by molar-refractivity contribution is 0.0996. The summed E-state index contributed by atoms with van der Waals surface area (Å²) in [4.78, 5) is 22.7. The van der Waals surface area contributed by atoms with Gasteiger partial charge in [-0.15, -0.1) is 0 Å². The fourth-order valence-electron chi connectivity index (χ4n) is 1.27. The molecule has 1 amide bonds. The lowest BCUT2D eigenvalue weighted by Crippen LogP contribution is -2.17. The van der Waals surface area contributed by atoms with Crippen LogP contribution in [0.25, 0.3) is 0 Å². The third kappa shape index (κ3) is 2.03. The minimum absolute atomic E-state index is 0.129. The lowest BCUT2D eigenvalue weighted by Gasteiger charge is -2.04. The Kier molecular flexibility index (Phi) is 2.59. The third-order valence-electron chi connectivity index (χ3n) is 2.09. The monoisotopic (exact) mass is 218 g/mol. The topological polar surface area (TPSA) is 64.2 Å². The summed E-state index contributed by atoms with van der Waals surface area (Å²) in [7, 11) is 1.62. The second kappa shape index (κ2) is 4.06.